The van der Waals surface area contributed by atoms with E-state index in [9.17, 15) is 25.2 Å². The van der Waals surface area contributed by atoms with Crippen LogP contribution in [0.2, 0.25) is 0 Å². The molecule has 0 aliphatic carbocycles. The van der Waals surface area contributed by atoms with Crippen LogP contribution >= 0.6 is 0 Å². The van der Waals surface area contributed by atoms with Crippen molar-refractivity contribution in [1.82, 2.24) is 0 Å². The fraction of sp³-hybridized carbons (Fsp3) is 0.853. The highest BCUT2D eigenvalue weighted by Crippen LogP contribution is 2.22. The molecule has 0 aromatic carbocycles. The van der Waals surface area contributed by atoms with E-state index in [2.05, 4.69) is 31.2 Å². The Hall–Kier alpha value is -1.33. The summed E-state index contributed by atoms with van der Waals surface area (Å²) in [5.41, 5.74) is 0. The van der Waals surface area contributed by atoms with Gasteiger partial charge in [0.25, 0.3) is 0 Å². The lowest BCUT2D eigenvalue weighted by Crippen LogP contribution is -2.59. The zero-order valence-corrected chi connectivity index (χ0v) is 27.0. The molecule has 6 atom stereocenters. The maximum Gasteiger partial charge on any atom is 0.306 e. The number of carbonyl (C=O) groups is 1. The van der Waals surface area contributed by atoms with Gasteiger partial charge in [-0.3, -0.25) is 4.79 Å². The van der Waals surface area contributed by atoms with Gasteiger partial charge < -0.3 is 39.4 Å². The fourth-order valence-corrected chi connectivity index (χ4v) is 4.91. The van der Waals surface area contributed by atoms with Crippen molar-refractivity contribution in [2.24, 2.45) is 0 Å². The molecule has 0 aromatic heterocycles. The number of unbranched alkanes of at least 4 members (excludes halogenated alkanes) is 12. The van der Waals surface area contributed by atoms with Crippen LogP contribution in [0.3, 0.4) is 0 Å². The molecular weight excluding hydrogens is 552 g/mol. The standard InChI is InChI=1S/C34H62O9/c1-3-5-6-7-8-9-10-11-12-13-14-15-16-17-18-19-20-21-22-24-40-26-28(42-30(36)23-4-2)27-41-34-33(39)32(38)31(37)29(25-35)43-34/h9-10,12-13,28-29,31-35,37-39H,3-8,11,14-27H2,1-2H3/b10-9-,13-12-. The molecule has 0 radical (unpaired) electrons. The van der Waals surface area contributed by atoms with Crippen LogP contribution in [0.4, 0.5) is 0 Å². The largest absolute Gasteiger partial charge is 0.457 e. The molecule has 1 rings (SSSR count). The molecule has 1 saturated heterocycles. The van der Waals surface area contributed by atoms with Crippen molar-refractivity contribution in [3.8, 4) is 0 Å². The minimum absolute atomic E-state index is 0.121. The van der Waals surface area contributed by atoms with E-state index in [4.69, 9.17) is 18.9 Å². The van der Waals surface area contributed by atoms with Crippen molar-refractivity contribution in [1.29, 1.82) is 0 Å². The van der Waals surface area contributed by atoms with Crippen LogP contribution in [-0.2, 0) is 23.7 Å². The van der Waals surface area contributed by atoms with E-state index in [1.54, 1.807) is 0 Å². The SMILES string of the molecule is CCCCCC/C=C\C/C=C\CCCCCCCCCCOCC(COC1OC(CO)C(O)C(O)C1O)OC(=O)CCC. The summed E-state index contributed by atoms with van der Waals surface area (Å²) in [5.74, 6) is -0.370. The topological polar surface area (TPSA) is 135 Å². The van der Waals surface area contributed by atoms with Gasteiger partial charge in [0.15, 0.2) is 6.29 Å². The maximum absolute atomic E-state index is 12.1. The van der Waals surface area contributed by atoms with Crippen LogP contribution in [0.15, 0.2) is 24.3 Å². The summed E-state index contributed by atoms with van der Waals surface area (Å²) in [6.45, 7) is 4.14. The van der Waals surface area contributed by atoms with Gasteiger partial charge >= 0.3 is 5.97 Å². The van der Waals surface area contributed by atoms with E-state index >= 15 is 0 Å². The van der Waals surface area contributed by atoms with E-state index in [-0.39, 0.29) is 25.6 Å². The first-order chi connectivity index (χ1) is 20.9. The molecule has 0 amide bonds. The van der Waals surface area contributed by atoms with E-state index in [0.717, 1.165) is 19.3 Å². The first-order valence-electron chi connectivity index (χ1n) is 16.9. The molecule has 1 fully saturated rings. The second kappa shape index (κ2) is 27.0. The number of esters is 1. The Bertz CT molecular complexity index is 712. The average molecular weight is 615 g/mol. The van der Waals surface area contributed by atoms with Crippen molar-refractivity contribution < 1.29 is 44.2 Å². The smallest absolute Gasteiger partial charge is 0.306 e. The molecule has 1 aliphatic rings. The van der Waals surface area contributed by atoms with Gasteiger partial charge in [-0.2, -0.15) is 0 Å². The van der Waals surface area contributed by atoms with Crippen molar-refractivity contribution in [3.63, 3.8) is 0 Å². The molecular formula is C34H62O9. The molecule has 252 valence electrons. The van der Waals surface area contributed by atoms with E-state index in [1.165, 1.54) is 77.0 Å². The third-order valence-corrected chi connectivity index (χ3v) is 7.59. The average Bonchev–Trinajstić information content (AvgIpc) is 3.00. The highest BCUT2D eigenvalue weighted by molar-refractivity contribution is 5.69. The third-order valence-electron chi connectivity index (χ3n) is 7.59. The lowest BCUT2D eigenvalue weighted by molar-refractivity contribution is -0.305. The molecule has 1 heterocycles. The van der Waals surface area contributed by atoms with Crippen molar-refractivity contribution >= 4 is 5.97 Å². The minimum atomic E-state index is -1.53. The molecule has 0 bridgehead atoms. The maximum atomic E-state index is 12.1. The summed E-state index contributed by atoms with van der Waals surface area (Å²) in [6, 6.07) is 0. The van der Waals surface area contributed by atoms with Crippen LogP contribution in [0.1, 0.15) is 123 Å². The molecule has 9 nitrogen and oxygen atoms in total. The summed E-state index contributed by atoms with van der Waals surface area (Å²) in [5, 5.41) is 39.4. The number of ether oxygens (including phenoxy) is 4. The van der Waals surface area contributed by atoms with Gasteiger partial charge in [-0.15, -0.1) is 0 Å². The quantitative estimate of drug-likeness (QED) is 0.0536. The Morgan fingerprint density at radius 1 is 0.744 bits per heavy atom. The predicted octanol–water partition coefficient (Wildman–Crippen LogP) is 5.52. The molecule has 6 unspecified atom stereocenters. The number of carbonyl (C=O) groups excluding carboxylic acids is 1. The number of hydrogen-bond acceptors (Lipinski definition) is 9. The first-order valence-corrected chi connectivity index (χ1v) is 16.9. The Morgan fingerprint density at radius 2 is 1.35 bits per heavy atom. The normalized spacial score (nSPS) is 23.3. The molecule has 4 N–H and O–H groups in total. The van der Waals surface area contributed by atoms with Crippen LogP contribution in [-0.4, -0.2) is 89.6 Å². The van der Waals surface area contributed by atoms with Crippen LogP contribution in [0, 0.1) is 0 Å². The van der Waals surface area contributed by atoms with Gasteiger partial charge in [0.2, 0.25) is 0 Å². The first kappa shape index (κ1) is 39.7. The number of hydrogen-bond donors (Lipinski definition) is 4. The number of aliphatic hydroxyl groups excluding tert-OH is 4. The lowest BCUT2D eigenvalue weighted by Gasteiger charge is -2.39. The van der Waals surface area contributed by atoms with Crippen LogP contribution in [0.5, 0.6) is 0 Å². The van der Waals surface area contributed by atoms with E-state index in [1.807, 2.05) is 6.92 Å². The Kier molecular flexibility index (Phi) is 24.9. The monoisotopic (exact) mass is 614 g/mol. The predicted molar refractivity (Wildman–Crippen MR) is 169 cm³/mol. The van der Waals surface area contributed by atoms with Gasteiger partial charge in [0, 0.05) is 13.0 Å². The van der Waals surface area contributed by atoms with Crippen molar-refractivity contribution in [3.05, 3.63) is 24.3 Å². The van der Waals surface area contributed by atoms with Gasteiger partial charge in [-0.05, 0) is 44.9 Å². The number of aliphatic hydroxyl groups is 4. The van der Waals surface area contributed by atoms with Gasteiger partial charge in [-0.1, -0.05) is 95.9 Å². The summed E-state index contributed by atoms with van der Waals surface area (Å²) < 4.78 is 22.2. The summed E-state index contributed by atoms with van der Waals surface area (Å²) in [4.78, 5) is 12.1. The Labute approximate surface area is 260 Å². The number of allylic oxidation sites excluding steroid dienone is 4. The Morgan fingerprint density at radius 3 is 1.95 bits per heavy atom. The Balaban J connectivity index is 2.11. The van der Waals surface area contributed by atoms with Crippen LogP contribution in [0.25, 0.3) is 0 Å². The lowest BCUT2D eigenvalue weighted by atomic mass is 9.99. The molecule has 9 heteroatoms. The van der Waals surface area contributed by atoms with Crippen molar-refractivity contribution in [2.45, 2.75) is 160 Å². The summed E-state index contributed by atoms with van der Waals surface area (Å²) in [6.07, 6.45) is 20.8. The zero-order valence-electron chi connectivity index (χ0n) is 27.0. The van der Waals surface area contributed by atoms with Gasteiger partial charge in [0.05, 0.1) is 19.8 Å². The fourth-order valence-electron chi connectivity index (χ4n) is 4.91. The van der Waals surface area contributed by atoms with E-state index < -0.39 is 43.4 Å². The van der Waals surface area contributed by atoms with Gasteiger partial charge in [-0.25, -0.2) is 0 Å². The summed E-state index contributed by atoms with van der Waals surface area (Å²) in [7, 11) is 0. The molecule has 43 heavy (non-hydrogen) atoms. The van der Waals surface area contributed by atoms with E-state index in [0.29, 0.717) is 13.0 Å². The second-order valence-electron chi connectivity index (χ2n) is 11.6. The highest BCUT2D eigenvalue weighted by atomic mass is 16.7. The van der Waals surface area contributed by atoms with Crippen LogP contribution < -0.4 is 0 Å². The minimum Gasteiger partial charge on any atom is -0.457 e. The van der Waals surface area contributed by atoms with Gasteiger partial charge in [0.1, 0.15) is 30.5 Å². The molecule has 1 aliphatic heterocycles. The highest BCUT2D eigenvalue weighted by Gasteiger charge is 2.44. The van der Waals surface area contributed by atoms with Crippen molar-refractivity contribution in [2.75, 3.05) is 26.4 Å². The molecule has 0 spiro atoms. The number of rotatable bonds is 27. The summed E-state index contributed by atoms with van der Waals surface area (Å²) >= 11 is 0. The third kappa shape index (κ3) is 19.6. The molecule has 0 aromatic rings. The zero-order chi connectivity index (χ0) is 31.5. The second-order valence-corrected chi connectivity index (χ2v) is 11.6. The molecule has 0 saturated carbocycles.